The van der Waals surface area contributed by atoms with Crippen LogP contribution in [0.15, 0.2) is 60.4 Å². The van der Waals surface area contributed by atoms with E-state index in [9.17, 15) is 0 Å². The van der Waals surface area contributed by atoms with E-state index in [0.29, 0.717) is 0 Å². The van der Waals surface area contributed by atoms with Gasteiger partial charge in [0, 0.05) is 17.3 Å². The molecule has 1 rings (SSSR count). The van der Waals surface area contributed by atoms with Crippen LogP contribution in [0.1, 0.15) is 0 Å². The van der Waals surface area contributed by atoms with Gasteiger partial charge in [-0.15, -0.1) is 19.2 Å². The Morgan fingerprint density at radius 2 is 2.24 bits per heavy atom. The predicted octanol–water partition coefficient (Wildman–Crippen LogP) is 2.63. The second kappa shape index (κ2) is 6.93. The molecule has 3 nitrogen and oxygen atoms in total. The van der Waals surface area contributed by atoms with Crippen LogP contribution in [0.5, 0.6) is 0 Å². The van der Waals surface area contributed by atoms with Gasteiger partial charge in [-0.2, -0.15) is 0 Å². The highest BCUT2D eigenvalue weighted by molar-refractivity contribution is 7.80. The smallest absolute Gasteiger partial charge is 0.0577 e. The molecule has 17 heavy (non-hydrogen) atoms. The summed E-state index contributed by atoms with van der Waals surface area (Å²) in [6.45, 7) is 7.55. The summed E-state index contributed by atoms with van der Waals surface area (Å²) in [6.07, 6.45) is 8.90. The number of rotatable bonds is 6. The van der Waals surface area contributed by atoms with Crippen molar-refractivity contribution in [2.45, 2.75) is 10.9 Å². The normalized spacial score (nSPS) is 12.9. The van der Waals surface area contributed by atoms with Gasteiger partial charge in [0.05, 0.1) is 17.9 Å². The van der Waals surface area contributed by atoms with Crippen LogP contribution in [0.25, 0.3) is 0 Å². The van der Waals surface area contributed by atoms with Crippen LogP contribution < -0.4 is 10.6 Å². The molecule has 0 saturated heterocycles. The zero-order valence-corrected chi connectivity index (χ0v) is 10.7. The molecule has 2 N–H and O–H groups in total. The molecule has 90 valence electrons. The molecule has 1 atom stereocenters. The van der Waals surface area contributed by atoms with Crippen molar-refractivity contribution in [1.82, 2.24) is 10.3 Å². The van der Waals surface area contributed by atoms with E-state index in [1.807, 2.05) is 25.4 Å². The topological polar surface area (TPSA) is 37.0 Å². The number of hydrogen-bond acceptors (Lipinski definition) is 4. The lowest BCUT2D eigenvalue weighted by atomic mass is 10.1. The molecule has 0 saturated carbocycles. The fraction of sp³-hybridized carbons (Fsp3) is 0.154. The fourth-order valence-electron chi connectivity index (χ4n) is 1.37. The maximum absolute atomic E-state index is 4.23. The standard InChI is InChI=1S/C13H17N3S/c1-4-10(13(5-2)14-3)7-16-11-6-12(17)9-15-8-11/h4-9,13-14,16-17H,1-2H2,3H3/b10-7-. The van der Waals surface area contributed by atoms with E-state index in [-0.39, 0.29) is 6.04 Å². The lowest BCUT2D eigenvalue weighted by Crippen LogP contribution is -2.24. The summed E-state index contributed by atoms with van der Waals surface area (Å²) in [6, 6.07) is 1.97. The summed E-state index contributed by atoms with van der Waals surface area (Å²) in [5.74, 6) is 0. The zero-order valence-electron chi connectivity index (χ0n) is 9.85. The Morgan fingerprint density at radius 3 is 2.76 bits per heavy atom. The monoisotopic (exact) mass is 247 g/mol. The summed E-state index contributed by atoms with van der Waals surface area (Å²) in [5, 5.41) is 6.28. The molecule has 0 aliphatic carbocycles. The highest BCUT2D eigenvalue weighted by Gasteiger charge is 2.03. The molecule has 4 heteroatoms. The number of likely N-dealkylation sites (N-methyl/N-ethyl adjacent to an activating group) is 1. The molecule has 0 radical (unpaired) electrons. The van der Waals surface area contributed by atoms with Gasteiger partial charge in [-0.3, -0.25) is 4.98 Å². The van der Waals surface area contributed by atoms with Crippen LogP contribution in [0.3, 0.4) is 0 Å². The van der Waals surface area contributed by atoms with E-state index in [2.05, 4.69) is 41.4 Å². The highest BCUT2D eigenvalue weighted by atomic mass is 32.1. The average Bonchev–Trinajstić information content (AvgIpc) is 2.34. The number of pyridine rings is 1. The molecule has 0 aliphatic heterocycles. The third-order valence-corrected chi connectivity index (χ3v) is 2.52. The number of thiol groups is 1. The summed E-state index contributed by atoms with van der Waals surface area (Å²) in [5.41, 5.74) is 1.89. The van der Waals surface area contributed by atoms with Crippen molar-refractivity contribution in [1.29, 1.82) is 0 Å². The van der Waals surface area contributed by atoms with Gasteiger partial charge in [0.25, 0.3) is 0 Å². The third kappa shape index (κ3) is 4.09. The Labute approximate surface area is 108 Å². The number of hydrogen-bond donors (Lipinski definition) is 3. The maximum atomic E-state index is 4.23. The number of nitrogens with zero attached hydrogens (tertiary/aromatic N) is 1. The first kappa shape index (κ1) is 13.5. The van der Waals surface area contributed by atoms with Crippen molar-refractivity contribution < 1.29 is 0 Å². The van der Waals surface area contributed by atoms with Crippen LogP contribution in [-0.2, 0) is 0 Å². The zero-order chi connectivity index (χ0) is 12.7. The number of anilines is 1. The lowest BCUT2D eigenvalue weighted by Gasteiger charge is -2.13. The van der Waals surface area contributed by atoms with Gasteiger partial charge in [-0.25, -0.2) is 0 Å². The second-order valence-corrected chi connectivity index (χ2v) is 3.94. The van der Waals surface area contributed by atoms with Gasteiger partial charge in [0.1, 0.15) is 0 Å². The quantitative estimate of drug-likeness (QED) is 0.411. The first-order valence-corrected chi connectivity index (χ1v) is 5.69. The van der Waals surface area contributed by atoms with Gasteiger partial charge in [-0.1, -0.05) is 18.7 Å². The van der Waals surface area contributed by atoms with Crippen molar-refractivity contribution in [3.63, 3.8) is 0 Å². The number of aromatic nitrogens is 1. The van der Waals surface area contributed by atoms with Gasteiger partial charge in [0.2, 0.25) is 0 Å². The van der Waals surface area contributed by atoms with Crippen molar-refractivity contribution in [3.05, 3.63) is 55.5 Å². The molecule has 0 spiro atoms. The van der Waals surface area contributed by atoms with Crippen molar-refractivity contribution in [2.75, 3.05) is 12.4 Å². The molecule has 1 unspecified atom stereocenters. The Balaban J connectivity index is 2.80. The van der Waals surface area contributed by atoms with E-state index < -0.39 is 0 Å². The Morgan fingerprint density at radius 1 is 1.47 bits per heavy atom. The fourth-order valence-corrected chi connectivity index (χ4v) is 1.58. The van der Waals surface area contributed by atoms with Crippen molar-refractivity contribution >= 4 is 18.3 Å². The van der Waals surface area contributed by atoms with Crippen molar-refractivity contribution in [2.24, 2.45) is 0 Å². The minimum absolute atomic E-state index is 0.0761. The first-order chi connectivity index (χ1) is 8.21. The molecule has 0 aliphatic rings. The van der Waals surface area contributed by atoms with Gasteiger partial charge >= 0.3 is 0 Å². The SMILES string of the molecule is C=C/C(=C/Nc1cncc(S)c1)C(C=C)NC. The van der Waals surface area contributed by atoms with Crippen LogP contribution in [0.4, 0.5) is 5.69 Å². The molecule has 1 aromatic heterocycles. The molecular formula is C13H17N3S. The molecule has 1 aromatic rings. The van der Waals surface area contributed by atoms with Crippen molar-refractivity contribution in [3.8, 4) is 0 Å². The molecule has 1 heterocycles. The maximum Gasteiger partial charge on any atom is 0.0577 e. The summed E-state index contributed by atoms with van der Waals surface area (Å²) in [4.78, 5) is 4.86. The van der Waals surface area contributed by atoms with Crippen LogP contribution >= 0.6 is 12.6 Å². The lowest BCUT2D eigenvalue weighted by molar-refractivity contribution is 0.767. The minimum atomic E-state index is 0.0761. The van der Waals surface area contributed by atoms with E-state index in [1.54, 1.807) is 18.5 Å². The summed E-state index contributed by atoms with van der Waals surface area (Å²) >= 11 is 4.23. The van der Waals surface area contributed by atoms with Gasteiger partial charge in [-0.05, 0) is 18.7 Å². The van der Waals surface area contributed by atoms with Crippen LogP contribution in [0.2, 0.25) is 0 Å². The Bertz CT molecular complexity index is 426. The summed E-state index contributed by atoms with van der Waals surface area (Å²) in [7, 11) is 1.87. The first-order valence-electron chi connectivity index (χ1n) is 5.24. The Hall–Kier alpha value is -1.52. The second-order valence-electron chi connectivity index (χ2n) is 3.43. The molecular weight excluding hydrogens is 230 g/mol. The molecule has 0 aromatic carbocycles. The van der Waals surface area contributed by atoms with Crippen LogP contribution in [-0.4, -0.2) is 18.1 Å². The van der Waals surface area contributed by atoms with E-state index >= 15 is 0 Å². The highest BCUT2D eigenvalue weighted by Crippen LogP contribution is 2.12. The minimum Gasteiger partial charge on any atom is -0.360 e. The van der Waals surface area contributed by atoms with Gasteiger partial charge < -0.3 is 10.6 Å². The largest absolute Gasteiger partial charge is 0.360 e. The van der Waals surface area contributed by atoms with Crippen LogP contribution in [0, 0.1) is 0 Å². The Kier molecular flexibility index (Phi) is 5.52. The average molecular weight is 247 g/mol. The van der Waals surface area contributed by atoms with E-state index in [4.69, 9.17) is 0 Å². The third-order valence-electron chi connectivity index (χ3n) is 2.27. The van der Waals surface area contributed by atoms with E-state index in [1.165, 1.54) is 0 Å². The summed E-state index contributed by atoms with van der Waals surface area (Å²) < 4.78 is 0. The predicted molar refractivity (Wildman–Crippen MR) is 76.4 cm³/mol. The number of nitrogens with one attached hydrogen (secondary N) is 2. The molecule has 0 amide bonds. The van der Waals surface area contributed by atoms with E-state index in [0.717, 1.165) is 16.2 Å². The molecule has 0 bridgehead atoms. The molecule has 0 fully saturated rings. The van der Waals surface area contributed by atoms with Gasteiger partial charge in [0.15, 0.2) is 0 Å².